The molecule has 2 aliphatic rings. The van der Waals surface area contributed by atoms with Gasteiger partial charge in [0.1, 0.15) is 0 Å². The van der Waals surface area contributed by atoms with Crippen molar-refractivity contribution in [3.8, 4) is 11.3 Å². The Labute approximate surface area is 222 Å². The molecule has 0 radical (unpaired) electrons. The normalized spacial score (nSPS) is 15.7. The van der Waals surface area contributed by atoms with Crippen LogP contribution in [0.1, 0.15) is 36.9 Å². The summed E-state index contributed by atoms with van der Waals surface area (Å²) in [5.41, 5.74) is 8.24. The first kappa shape index (κ1) is 22.3. The van der Waals surface area contributed by atoms with Crippen LogP contribution in [-0.4, -0.2) is 9.97 Å². The van der Waals surface area contributed by atoms with Gasteiger partial charge in [-0.05, 0) is 79.1 Å². The second-order valence-electron chi connectivity index (χ2n) is 9.86. The van der Waals surface area contributed by atoms with Crippen molar-refractivity contribution < 1.29 is 0 Å². The number of aromatic nitrogens is 2. The summed E-state index contributed by atoms with van der Waals surface area (Å²) in [6.07, 6.45) is 8.55. The van der Waals surface area contributed by atoms with Crippen LogP contribution in [0.4, 0.5) is 17.1 Å². The lowest BCUT2D eigenvalue weighted by atomic mass is 9.75. The van der Waals surface area contributed by atoms with Gasteiger partial charge in [-0.25, -0.2) is 0 Å². The summed E-state index contributed by atoms with van der Waals surface area (Å²) in [7, 11) is 0. The van der Waals surface area contributed by atoms with Crippen molar-refractivity contribution in [3.63, 3.8) is 0 Å². The lowest BCUT2D eigenvalue weighted by molar-refractivity contribution is 0.518. The van der Waals surface area contributed by atoms with Gasteiger partial charge in [-0.1, -0.05) is 67.1 Å². The molecule has 0 atom stereocenters. The van der Waals surface area contributed by atoms with E-state index < -0.39 is 0 Å². The number of rotatable bonds is 4. The Morgan fingerprint density at radius 3 is 2.24 bits per heavy atom. The van der Waals surface area contributed by atoms with E-state index in [2.05, 4.69) is 94.8 Å². The van der Waals surface area contributed by atoms with Gasteiger partial charge in [0.2, 0.25) is 0 Å². The van der Waals surface area contributed by atoms with Gasteiger partial charge in [0, 0.05) is 38.9 Å². The molecule has 0 bridgehead atoms. The minimum Gasteiger partial charge on any atom is -0.308 e. The fraction of sp³-hybridized carbons (Fsp3) is 0.152. The van der Waals surface area contributed by atoms with Crippen LogP contribution >= 0.6 is 11.8 Å². The molecule has 0 saturated heterocycles. The minimum absolute atomic E-state index is 0.0284. The van der Waals surface area contributed by atoms with Gasteiger partial charge in [-0.2, -0.15) is 0 Å². The van der Waals surface area contributed by atoms with E-state index in [4.69, 9.17) is 4.98 Å². The van der Waals surface area contributed by atoms with Crippen molar-refractivity contribution in [1.29, 1.82) is 0 Å². The monoisotopic (exact) mass is 497 g/mol. The van der Waals surface area contributed by atoms with Crippen molar-refractivity contribution in [2.24, 2.45) is 0 Å². The average molecular weight is 498 g/mol. The molecule has 2 aromatic heterocycles. The summed E-state index contributed by atoms with van der Waals surface area (Å²) in [5, 5.41) is 0. The molecule has 37 heavy (non-hydrogen) atoms. The van der Waals surface area contributed by atoms with Crippen molar-refractivity contribution in [2.45, 2.75) is 40.9 Å². The highest BCUT2D eigenvalue weighted by Crippen LogP contribution is 2.54. The van der Waals surface area contributed by atoms with Gasteiger partial charge >= 0.3 is 0 Å². The minimum atomic E-state index is -0.0284. The average Bonchev–Trinajstić information content (AvgIpc) is 3.48. The zero-order valence-electron chi connectivity index (χ0n) is 20.5. The molecule has 3 nitrogen and oxygen atoms in total. The van der Waals surface area contributed by atoms with Gasteiger partial charge in [-0.15, -0.1) is 0 Å². The number of hydrogen-bond donors (Lipinski definition) is 0. The van der Waals surface area contributed by atoms with E-state index in [9.17, 15) is 0 Å². The largest absolute Gasteiger partial charge is 0.308 e. The molecule has 7 rings (SSSR count). The van der Waals surface area contributed by atoms with E-state index >= 15 is 0 Å². The molecular formula is C33H27N3S. The van der Waals surface area contributed by atoms with Crippen molar-refractivity contribution >= 4 is 28.8 Å². The van der Waals surface area contributed by atoms with E-state index in [-0.39, 0.29) is 5.41 Å². The zero-order chi connectivity index (χ0) is 24.7. The maximum absolute atomic E-state index is 4.85. The van der Waals surface area contributed by atoms with Crippen LogP contribution in [0.5, 0.6) is 0 Å². The molecule has 1 aliphatic heterocycles. The molecular weight excluding hydrogens is 470 g/mol. The highest BCUT2D eigenvalue weighted by Gasteiger charge is 2.39. The van der Waals surface area contributed by atoms with Crippen LogP contribution in [0.2, 0.25) is 0 Å². The Balaban J connectivity index is 1.40. The fourth-order valence-corrected chi connectivity index (χ4v) is 7.02. The van der Waals surface area contributed by atoms with Gasteiger partial charge in [-0.3, -0.25) is 9.97 Å². The van der Waals surface area contributed by atoms with E-state index in [1.807, 2.05) is 42.4 Å². The fourth-order valence-electron chi connectivity index (χ4n) is 5.99. The molecule has 3 aromatic carbocycles. The second-order valence-corrected chi connectivity index (χ2v) is 10.9. The number of para-hydroxylation sites is 1. The molecule has 1 saturated carbocycles. The molecule has 0 amide bonds. The predicted molar refractivity (Wildman–Crippen MR) is 152 cm³/mol. The van der Waals surface area contributed by atoms with Crippen LogP contribution < -0.4 is 4.90 Å². The third kappa shape index (κ3) is 3.84. The smallest absolute Gasteiger partial charge is 0.0702 e. The first-order valence-electron chi connectivity index (χ1n) is 13.0. The summed E-state index contributed by atoms with van der Waals surface area (Å²) in [4.78, 5) is 14.4. The molecule has 5 aromatic rings. The Hall–Kier alpha value is -3.89. The number of benzene rings is 3. The summed E-state index contributed by atoms with van der Waals surface area (Å²) in [6, 6.07) is 37.0. The summed E-state index contributed by atoms with van der Waals surface area (Å²) in [5.74, 6) is 0. The molecule has 0 spiro atoms. The first-order valence-corrected chi connectivity index (χ1v) is 13.8. The maximum Gasteiger partial charge on any atom is 0.0702 e. The number of hydrogen-bond acceptors (Lipinski definition) is 4. The van der Waals surface area contributed by atoms with Crippen LogP contribution in [-0.2, 0) is 5.41 Å². The van der Waals surface area contributed by atoms with Gasteiger partial charge in [0.25, 0.3) is 0 Å². The Kier molecular flexibility index (Phi) is 5.55. The summed E-state index contributed by atoms with van der Waals surface area (Å²) >= 11 is 1.86. The third-order valence-corrected chi connectivity index (χ3v) is 8.89. The lowest BCUT2D eigenvalue weighted by Gasteiger charge is -2.36. The molecule has 1 fully saturated rings. The van der Waals surface area contributed by atoms with E-state index in [1.165, 1.54) is 45.3 Å². The Morgan fingerprint density at radius 2 is 1.43 bits per heavy atom. The molecule has 1 aliphatic carbocycles. The van der Waals surface area contributed by atoms with Crippen LogP contribution in [0.3, 0.4) is 0 Å². The Bertz CT molecular complexity index is 1560. The van der Waals surface area contributed by atoms with Gasteiger partial charge in [0.05, 0.1) is 22.8 Å². The molecule has 0 unspecified atom stereocenters. The topological polar surface area (TPSA) is 29.0 Å². The number of pyridine rings is 2. The van der Waals surface area contributed by atoms with Crippen molar-refractivity contribution in [2.75, 3.05) is 4.90 Å². The second kappa shape index (κ2) is 9.20. The number of anilines is 3. The molecule has 0 N–H and O–H groups in total. The molecule has 3 heterocycles. The summed E-state index contributed by atoms with van der Waals surface area (Å²) in [6.45, 7) is 0. The quantitative estimate of drug-likeness (QED) is 0.243. The standard InChI is InChI=1S/C33H27N3S/c1-2-14-30-28(13-1)36(26-11-9-10-24(22-26)27-12-3-7-20-34-27)29-23-25(16-17-31(29)37-30)33(18-5-6-19-33)32-15-4-8-21-35-32/h1-4,7-17,20-23H,5-6,18-19H2. The third-order valence-electron chi connectivity index (χ3n) is 7.76. The van der Waals surface area contributed by atoms with Gasteiger partial charge in [0.15, 0.2) is 0 Å². The number of fused-ring (bicyclic) bond motifs is 2. The van der Waals surface area contributed by atoms with Crippen LogP contribution in [0.15, 0.2) is 125 Å². The lowest BCUT2D eigenvalue weighted by Crippen LogP contribution is -2.26. The highest BCUT2D eigenvalue weighted by molar-refractivity contribution is 7.99. The van der Waals surface area contributed by atoms with Crippen LogP contribution in [0.25, 0.3) is 11.3 Å². The number of nitrogens with zero attached hydrogens (tertiary/aromatic N) is 3. The van der Waals surface area contributed by atoms with Crippen molar-refractivity contribution in [1.82, 2.24) is 9.97 Å². The first-order chi connectivity index (χ1) is 18.3. The molecule has 4 heteroatoms. The van der Waals surface area contributed by atoms with E-state index in [0.717, 1.165) is 29.8 Å². The maximum atomic E-state index is 4.85. The highest BCUT2D eigenvalue weighted by atomic mass is 32.2. The SMILES string of the molecule is c1ccc(-c2cccc(N3c4ccccc4Sc4ccc(C5(c6ccccn6)CCCC5)cc43)c2)nc1. The summed E-state index contributed by atoms with van der Waals surface area (Å²) < 4.78 is 0. The van der Waals surface area contributed by atoms with E-state index in [1.54, 1.807) is 0 Å². The Morgan fingerprint density at radius 1 is 0.649 bits per heavy atom. The predicted octanol–water partition coefficient (Wildman–Crippen LogP) is 8.94. The van der Waals surface area contributed by atoms with E-state index in [0.29, 0.717) is 0 Å². The van der Waals surface area contributed by atoms with Gasteiger partial charge < -0.3 is 4.90 Å². The zero-order valence-corrected chi connectivity index (χ0v) is 21.4. The van der Waals surface area contributed by atoms with Crippen molar-refractivity contribution in [3.05, 3.63) is 127 Å². The van der Waals surface area contributed by atoms with Crippen LogP contribution in [0, 0.1) is 0 Å². The molecule has 180 valence electrons.